The van der Waals surface area contributed by atoms with Gasteiger partial charge in [-0.25, -0.2) is 4.39 Å². The second-order valence-corrected chi connectivity index (χ2v) is 8.27. The van der Waals surface area contributed by atoms with Gasteiger partial charge in [-0.3, -0.25) is 9.59 Å². The first kappa shape index (κ1) is 24.7. The van der Waals surface area contributed by atoms with Gasteiger partial charge in [0.05, 0.1) is 25.8 Å². The van der Waals surface area contributed by atoms with Crippen molar-refractivity contribution in [3.05, 3.63) is 113 Å². The number of methoxy groups -OCH3 is 2. The first-order chi connectivity index (χ1) is 17.4. The second-order valence-electron chi connectivity index (χ2n) is 8.27. The number of ether oxygens (including phenoxy) is 2. The lowest BCUT2D eigenvalue weighted by Crippen LogP contribution is -2.33. The molecule has 0 radical (unpaired) electrons. The first-order valence-corrected chi connectivity index (χ1v) is 11.4. The third-order valence-corrected chi connectivity index (χ3v) is 6.05. The zero-order valence-corrected chi connectivity index (χ0v) is 20.0. The molecule has 3 aromatic rings. The molecule has 0 saturated carbocycles. The summed E-state index contributed by atoms with van der Waals surface area (Å²) in [6.45, 7) is 0.179. The number of amides is 1. The summed E-state index contributed by atoms with van der Waals surface area (Å²) in [7, 11) is 3.08. The van der Waals surface area contributed by atoms with Crippen LogP contribution in [-0.2, 0) is 16.0 Å². The van der Waals surface area contributed by atoms with E-state index in [1.807, 2.05) is 36.4 Å². The van der Waals surface area contributed by atoms with E-state index in [-0.39, 0.29) is 12.1 Å². The zero-order chi connectivity index (χ0) is 25.7. The highest BCUT2D eigenvalue weighted by atomic mass is 19.1. The van der Waals surface area contributed by atoms with Crippen LogP contribution in [0.15, 0.2) is 90.2 Å². The number of halogens is 1. The predicted molar refractivity (Wildman–Crippen MR) is 134 cm³/mol. The molecular weight excluding hydrogens is 461 g/mol. The molecule has 1 heterocycles. The number of benzene rings is 3. The molecular formula is C29H26FNO5. The van der Waals surface area contributed by atoms with Crippen LogP contribution in [0.1, 0.15) is 22.7 Å². The van der Waals surface area contributed by atoms with Crippen molar-refractivity contribution in [1.29, 1.82) is 0 Å². The molecule has 0 saturated heterocycles. The Bertz CT molecular complexity index is 1330. The lowest BCUT2D eigenvalue weighted by atomic mass is 9.95. The minimum Gasteiger partial charge on any atom is -0.503 e. The Labute approximate surface area is 208 Å². The van der Waals surface area contributed by atoms with Crippen LogP contribution in [0, 0.1) is 5.82 Å². The number of nitrogens with zero attached hydrogens (tertiary/aromatic N) is 1. The zero-order valence-electron chi connectivity index (χ0n) is 20.0. The average molecular weight is 488 g/mol. The van der Waals surface area contributed by atoms with Crippen LogP contribution in [0.25, 0.3) is 6.08 Å². The molecule has 0 aliphatic carbocycles. The summed E-state index contributed by atoms with van der Waals surface area (Å²) in [4.78, 5) is 27.7. The largest absolute Gasteiger partial charge is 0.503 e. The molecule has 1 N–H and O–H groups in total. The van der Waals surface area contributed by atoms with Crippen molar-refractivity contribution in [3.63, 3.8) is 0 Å². The van der Waals surface area contributed by atoms with Gasteiger partial charge < -0.3 is 19.5 Å². The molecule has 0 aromatic heterocycles. The molecule has 6 nitrogen and oxygen atoms in total. The topological polar surface area (TPSA) is 76.1 Å². The van der Waals surface area contributed by atoms with Crippen LogP contribution in [0.5, 0.6) is 11.5 Å². The van der Waals surface area contributed by atoms with E-state index >= 15 is 0 Å². The van der Waals surface area contributed by atoms with Gasteiger partial charge in [0.1, 0.15) is 5.82 Å². The number of hydrogen-bond donors (Lipinski definition) is 1. The van der Waals surface area contributed by atoms with Crippen molar-refractivity contribution < 1.29 is 28.6 Å². The maximum Gasteiger partial charge on any atom is 0.290 e. The standard InChI is InChI=1S/C29H26FNO5/c1-35-24-14-12-20(17-25(24)36-2)15-16-31-27(21-9-6-10-22(30)18-21)26(28(33)29(31)34)23(32)13-11-19-7-4-3-5-8-19/h3-14,17-18,27,33H,15-16H2,1-2H3/b13-11+/t27-/m0/s1. The fraction of sp³-hybridized carbons (Fsp3) is 0.172. The maximum absolute atomic E-state index is 14.1. The van der Waals surface area contributed by atoms with E-state index in [0.29, 0.717) is 23.5 Å². The first-order valence-electron chi connectivity index (χ1n) is 11.4. The summed E-state index contributed by atoms with van der Waals surface area (Å²) in [5.41, 5.74) is 1.98. The molecule has 1 aliphatic rings. The Hall–Kier alpha value is -4.39. The highest BCUT2D eigenvalue weighted by Crippen LogP contribution is 2.38. The van der Waals surface area contributed by atoms with Crippen molar-refractivity contribution in [3.8, 4) is 11.5 Å². The molecule has 0 unspecified atom stereocenters. The van der Waals surface area contributed by atoms with E-state index in [1.54, 1.807) is 31.4 Å². The molecule has 0 spiro atoms. The lowest BCUT2D eigenvalue weighted by Gasteiger charge is -2.27. The minimum atomic E-state index is -0.929. The van der Waals surface area contributed by atoms with E-state index < -0.39 is 29.3 Å². The van der Waals surface area contributed by atoms with Crippen LogP contribution in [-0.4, -0.2) is 42.5 Å². The minimum absolute atomic E-state index is 0.0786. The number of carbonyl (C=O) groups is 2. The third kappa shape index (κ3) is 5.15. The summed E-state index contributed by atoms with van der Waals surface area (Å²) >= 11 is 0. The molecule has 36 heavy (non-hydrogen) atoms. The second kappa shape index (κ2) is 10.9. The van der Waals surface area contributed by atoms with Gasteiger partial charge in [0.2, 0.25) is 0 Å². The lowest BCUT2D eigenvalue weighted by molar-refractivity contribution is -0.129. The van der Waals surface area contributed by atoms with E-state index in [0.717, 1.165) is 11.1 Å². The Morgan fingerprint density at radius 2 is 1.75 bits per heavy atom. The SMILES string of the molecule is COc1ccc(CCN2C(=O)C(O)=C(C(=O)/C=C/c3ccccc3)[C@@H]2c2cccc(F)c2)cc1OC. The van der Waals surface area contributed by atoms with Gasteiger partial charge in [0.25, 0.3) is 5.91 Å². The number of allylic oxidation sites excluding steroid dienone is 1. The van der Waals surface area contributed by atoms with Crippen molar-refractivity contribution in [2.24, 2.45) is 0 Å². The molecule has 0 fully saturated rings. The van der Waals surface area contributed by atoms with Crippen molar-refractivity contribution >= 4 is 17.8 Å². The molecule has 7 heteroatoms. The highest BCUT2D eigenvalue weighted by molar-refractivity contribution is 6.14. The number of aliphatic hydroxyl groups excluding tert-OH is 1. The van der Waals surface area contributed by atoms with Crippen molar-refractivity contribution in [2.45, 2.75) is 12.5 Å². The van der Waals surface area contributed by atoms with Gasteiger partial charge in [-0.05, 0) is 53.5 Å². The van der Waals surface area contributed by atoms with Crippen molar-refractivity contribution in [1.82, 2.24) is 4.90 Å². The molecule has 3 aromatic carbocycles. The van der Waals surface area contributed by atoms with Crippen LogP contribution in [0.4, 0.5) is 4.39 Å². The third-order valence-electron chi connectivity index (χ3n) is 6.05. The summed E-state index contributed by atoms with van der Waals surface area (Å²) in [5, 5.41) is 10.7. The Morgan fingerprint density at radius 1 is 1.00 bits per heavy atom. The smallest absolute Gasteiger partial charge is 0.290 e. The molecule has 1 aliphatic heterocycles. The van der Waals surface area contributed by atoms with Gasteiger partial charge in [-0.15, -0.1) is 0 Å². The van der Waals surface area contributed by atoms with Crippen LogP contribution in [0.2, 0.25) is 0 Å². The van der Waals surface area contributed by atoms with Gasteiger partial charge in [0, 0.05) is 6.54 Å². The molecule has 0 bridgehead atoms. The maximum atomic E-state index is 14.1. The quantitative estimate of drug-likeness (QED) is 0.427. The van der Waals surface area contributed by atoms with Gasteiger partial charge in [-0.2, -0.15) is 0 Å². The van der Waals surface area contributed by atoms with Crippen molar-refractivity contribution in [2.75, 3.05) is 20.8 Å². The summed E-state index contributed by atoms with van der Waals surface area (Å²) in [6.07, 6.45) is 3.34. The fourth-order valence-corrected chi connectivity index (χ4v) is 4.27. The van der Waals surface area contributed by atoms with Crippen LogP contribution in [0.3, 0.4) is 0 Å². The number of rotatable bonds is 9. The fourth-order valence-electron chi connectivity index (χ4n) is 4.27. The highest BCUT2D eigenvalue weighted by Gasteiger charge is 2.42. The molecule has 184 valence electrons. The molecule has 1 atom stereocenters. The van der Waals surface area contributed by atoms with E-state index in [4.69, 9.17) is 9.47 Å². The Balaban J connectivity index is 1.65. The van der Waals surface area contributed by atoms with Crippen LogP contribution < -0.4 is 9.47 Å². The molecule has 1 amide bonds. The van der Waals surface area contributed by atoms with Gasteiger partial charge in [-0.1, -0.05) is 54.6 Å². The van der Waals surface area contributed by atoms with Crippen LogP contribution >= 0.6 is 0 Å². The summed E-state index contributed by atoms with van der Waals surface area (Å²) in [5.74, 6) is -1.20. The monoisotopic (exact) mass is 487 g/mol. The summed E-state index contributed by atoms with van der Waals surface area (Å²) in [6, 6.07) is 19.4. The Kier molecular flexibility index (Phi) is 7.49. The van der Waals surface area contributed by atoms with E-state index in [1.165, 1.54) is 36.3 Å². The van der Waals surface area contributed by atoms with E-state index in [2.05, 4.69) is 0 Å². The predicted octanol–water partition coefficient (Wildman–Crippen LogP) is 5.06. The summed E-state index contributed by atoms with van der Waals surface area (Å²) < 4.78 is 24.8. The van der Waals surface area contributed by atoms with Gasteiger partial charge >= 0.3 is 0 Å². The molecule has 4 rings (SSSR count). The number of ketones is 1. The van der Waals surface area contributed by atoms with E-state index in [9.17, 15) is 19.1 Å². The number of aliphatic hydroxyl groups is 1. The Morgan fingerprint density at radius 3 is 2.44 bits per heavy atom. The number of carbonyl (C=O) groups excluding carboxylic acids is 2. The average Bonchev–Trinajstić information content (AvgIpc) is 3.16. The number of hydrogen-bond acceptors (Lipinski definition) is 5. The van der Waals surface area contributed by atoms with Gasteiger partial charge in [0.15, 0.2) is 23.0 Å². The normalized spacial score (nSPS) is 15.6.